The Balaban J connectivity index is 2.90. The normalized spacial score (nSPS) is 22.3. The number of hydrogen-bond acceptors (Lipinski definition) is 4. The van der Waals surface area contributed by atoms with Crippen molar-refractivity contribution in [2.75, 3.05) is 6.54 Å². The zero-order valence-corrected chi connectivity index (χ0v) is 14.5. The molecule has 0 unspecified atom stereocenters. The van der Waals surface area contributed by atoms with Crippen molar-refractivity contribution in [3.8, 4) is 0 Å². The standard InChI is InChI=1S/C16H31N3O3/c1-11(2)19(15(21)22-16(3,4)5)13-9-7-6-8-12(13)18-14(20)10-17/h11-13H,6-10,17H2,1-5H3,(H,18,20)/t12-,13+/m1/s1. The molecule has 2 amide bonds. The Morgan fingerprint density at radius 2 is 1.86 bits per heavy atom. The van der Waals surface area contributed by atoms with Crippen LogP contribution in [-0.2, 0) is 9.53 Å². The predicted octanol–water partition coefficient (Wildman–Crippen LogP) is 2.02. The van der Waals surface area contributed by atoms with Crippen molar-refractivity contribution < 1.29 is 14.3 Å². The summed E-state index contributed by atoms with van der Waals surface area (Å²) >= 11 is 0. The van der Waals surface area contributed by atoms with Gasteiger partial charge in [-0.1, -0.05) is 12.8 Å². The summed E-state index contributed by atoms with van der Waals surface area (Å²) in [6, 6.07) is -0.0888. The van der Waals surface area contributed by atoms with Gasteiger partial charge in [-0.2, -0.15) is 0 Å². The SMILES string of the molecule is CC(C)N(C(=O)OC(C)(C)C)[C@H]1CCCC[C@H]1NC(=O)CN. The van der Waals surface area contributed by atoms with Crippen LogP contribution >= 0.6 is 0 Å². The minimum absolute atomic E-state index is 0.00947. The zero-order valence-electron chi connectivity index (χ0n) is 14.5. The molecule has 3 N–H and O–H groups in total. The number of amides is 2. The molecule has 1 aliphatic rings. The summed E-state index contributed by atoms with van der Waals surface area (Å²) in [4.78, 5) is 26.0. The third kappa shape index (κ3) is 5.48. The highest BCUT2D eigenvalue weighted by atomic mass is 16.6. The van der Waals surface area contributed by atoms with Crippen molar-refractivity contribution >= 4 is 12.0 Å². The van der Waals surface area contributed by atoms with Crippen LogP contribution in [0.4, 0.5) is 4.79 Å². The smallest absolute Gasteiger partial charge is 0.410 e. The van der Waals surface area contributed by atoms with Gasteiger partial charge in [-0.05, 0) is 47.5 Å². The highest BCUT2D eigenvalue weighted by molar-refractivity contribution is 5.78. The quantitative estimate of drug-likeness (QED) is 0.831. The second-order valence-electron chi connectivity index (χ2n) is 7.21. The van der Waals surface area contributed by atoms with Crippen molar-refractivity contribution in [3.63, 3.8) is 0 Å². The highest BCUT2D eigenvalue weighted by Gasteiger charge is 2.37. The summed E-state index contributed by atoms with van der Waals surface area (Å²) in [5.41, 5.74) is 4.86. The van der Waals surface area contributed by atoms with Crippen LogP contribution in [0.1, 0.15) is 60.3 Å². The average Bonchev–Trinajstić information content (AvgIpc) is 2.38. The van der Waals surface area contributed by atoms with Crippen LogP contribution < -0.4 is 11.1 Å². The molecule has 0 aromatic heterocycles. The first-order chi connectivity index (χ1) is 10.2. The number of nitrogens with zero attached hydrogens (tertiary/aromatic N) is 1. The van der Waals surface area contributed by atoms with Crippen molar-refractivity contribution in [1.82, 2.24) is 10.2 Å². The van der Waals surface area contributed by atoms with E-state index in [2.05, 4.69) is 5.32 Å². The highest BCUT2D eigenvalue weighted by Crippen LogP contribution is 2.26. The van der Waals surface area contributed by atoms with Crippen LogP contribution in [0.5, 0.6) is 0 Å². The van der Waals surface area contributed by atoms with Gasteiger partial charge in [0.15, 0.2) is 0 Å². The van der Waals surface area contributed by atoms with Crippen LogP contribution in [-0.4, -0.2) is 47.2 Å². The van der Waals surface area contributed by atoms with Crippen molar-refractivity contribution in [2.45, 2.75) is 84.0 Å². The number of ether oxygens (including phenoxy) is 1. The van der Waals surface area contributed by atoms with Gasteiger partial charge in [0.05, 0.1) is 12.6 Å². The Morgan fingerprint density at radius 3 is 2.36 bits per heavy atom. The molecule has 0 saturated heterocycles. The van der Waals surface area contributed by atoms with Crippen molar-refractivity contribution in [3.05, 3.63) is 0 Å². The van der Waals surface area contributed by atoms with Crippen molar-refractivity contribution in [2.24, 2.45) is 5.73 Å². The van der Waals surface area contributed by atoms with E-state index in [9.17, 15) is 9.59 Å². The predicted molar refractivity (Wildman–Crippen MR) is 86.5 cm³/mol. The summed E-state index contributed by atoms with van der Waals surface area (Å²) in [6.45, 7) is 9.49. The molecule has 0 spiro atoms. The molecule has 0 bridgehead atoms. The van der Waals surface area contributed by atoms with Gasteiger partial charge in [-0.3, -0.25) is 4.79 Å². The van der Waals surface area contributed by atoms with Gasteiger partial charge in [-0.25, -0.2) is 4.79 Å². The molecule has 1 rings (SSSR count). The number of carbonyl (C=O) groups excluding carboxylic acids is 2. The molecule has 0 radical (unpaired) electrons. The average molecular weight is 313 g/mol. The number of nitrogens with two attached hydrogens (primary N) is 1. The van der Waals surface area contributed by atoms with Gasteiger partial charge < -0.3 is 20.7 Å². The Hall–Kier alpha value is -1.30. The fourth-order valence-electron chi connectivity index (χ4n) is 2.92. The lowest BCUT2D eigenvalue weighted by molar-refractivity contribution is -0.121. The van der Waals surface area contributed by atoms with E-state index in [4.69, 9.17) is 10.5 Å². The second kappa shape index (κ2) is 7.81. The third-order valence-corrected chi connectivity index (χ3v) is 3.78. The molecule has 1 fully saturated rings. The third-order valence-electron chi connectivity index (χ3n) is 3.78. The van der Waals surface area contributed by atoms with Crippen LogP contribution in [0.2, 0.25) is 0 Å². The first kappa shape index (κ1) is 18.7. The molecular formula is C16H31N3O3. The van der Waals surface area contributed by atoms with Gasteiger partial charge in [0.25, 0.3) is 0 Å². The van der Waals surface area contributed by atoms with Crippen LogP contribution in [0, 0.1) is 0 Å². The van der Waals surface area contributed by atoms with Gasteiger partial charge in [0, 0.05) is 12.1 Å². The number of nitrogens with one attached hydrogen (secondary N) is 1. The van der Waals surface area contributed by atoms with Gasteiger partial charge in [0.2, 0.25) is 5.91 Å². The molecule has 6 nitrogen and oxygen atoms in total. The second-order valence-corrected chi connectivity index (χ2v) is 7.21. The van der Waals surface area contributed by atoms with E-state index in [0.29, 0.717) is 0 Å². The van der Waals surface area contributed by atoms with Gasteiger partial charge in [-0.15, -0.1) is 0 Å². The first-order valence-electron chi connectivity index (χ1n) is 8.16. The van der Waals surface area contributed by atoms with Crippen molar-refractivity contribution in [1.29, 1.82) is 0 Å². The van der Waals surface area contributed by atoms with Crippen LogP contribution in [0.25, 0.3) is 0 Å². The lowest BCUT2D eigenvalue weighted by Crippen LogP contribution is -2.58. The minimum Gasteiger partial charge on any atom is -0.444 e. The molecule has 6 heteroatoms. The maximum Gasteiger partial charge on any atom is 0.410 e. The Labute approximate surface area is 133 Å². The summed E-state index contributed by atoms with van der Waals surface area (Å²) in [6.07, 6.45) is 3.51. The number of rotatable bonds is 4. The summed E-state index contributed by atoms with van der Waals surface area (Å²) in [7, 11) is 0. The summed E-state index contributed by atoms with van der Waals surface area (Å²) in [5, 5.41) is 2.96. The largest absolute Gasteiger partial charge is 0.444 e. The molecule has 0 aromatic rings. The van der Waals surface area contributed by atoms with E-state index < -0.39 is 5.60 Å². The molecule has 1 saturated carbocycles. The Bertz CT molecular complexity index is 391. The molecule has 22 heavy (non-hydrogen) atoms. The molecule has 1 aliphatic carbocycles. The van der Waals surface area contributed by atoms with Gasteiger partial charge in [0.1, 0.15) is 5.60 Å². The zero-order chi connectivity index (χ0) is 16.9. The molecule has 0 aliphatic heterocycles. The summed E-state index contributed by atoms with van der Waals surface area (Å²) < 4.78 is 5.54. The Morgan fingerprint density at radius 1 is 1.27 bits per heavy atom. The van der Waals surface area contributed by atoms with E-state index >= 15 is 0 Å². The number of carbonyl (C=O) groups is 2. The molecule has 2 atom stereocenters. The molecule has 128 valence electrons. The minimum atomic E-state index is -0.533. The van der Waals surface area contributed by atoms with E-state index in [1.54, 1.807) is 4.90 Å². The fraction of sp³-hybridized carbons (Fsp3) is 0.875. The maximum atomic E-state index is 12.6. The lowest BCUT2D eigenvalue weighted by Gasteiger charge is -2.42. The Kier molecular flexibility index (Phi) is 6.66. The van der Waals surface area contributed by atoms with Crippen LogP contribution in [0.15, 0.2) is 0 Å². The van der Waals surface area contributed by atoms with E-state index in [-0.39, 0.29) is 36.7 Å². The van der Waals surface area contributed by atoms with Crippen LogP contribution in [0.3, 0.4) is 0 Å². The summed E-state index contributed by atoms with van der Waals surface area (Å²) in [5.74, 6) is -0.176. The topological polar surface area (TPSA) is 84.7 Å². The van der Waals surface area contributed by atoms with Gasteiger partial charge >= 0.3 is 6.09 Å². The molecule has 0 aromatic carbocycles. The monoisotopic (exact) mass is 313 g/mol. The first-order valence-corrected chi connectivity index (χ1v) is 8.16. The number of hydrogen-bond donors (Lipinski definition) is 2. The van der Waals surface area contributed by atoms with E-state index in [1.165, 1.54) is 0 Å². The molecular weight excluding hydrogens is 282 g/mol. The van der Waals surface area contributed by atoms with E-state index in [0.717, 1.165) is 25.7 Å². The molecule has 0 heterocycles. The fourth-order valence-corrected chi connectivity index (χ4v) is 2.92. The van der Waals surface area contributed by atoms with E-state index in [1.807, 2.05) is 34.6 Å². The lowest BCUT2D eigenvalue weighted by atomic mass is 9.88. The maximum absolute atomic E-state index is 12.6.